The van der Waals surface area contributed by atoms with Crippen molar-refractivity contribution in [3.63, 3.8) is 0 Å². The van der Waals surface area contributed by atoms with Crippen molar-refractivity contribution in [2.45, 2.75) is 6.36 Å². The third kappa shape index (κ3) is 3.24. The Hall–Kier alpha value is -2.51. The number of halogens is 3. The lowest BCUT2D eigenvalue weighted by molar-refractivity contribution is -0.274. The van der Waals surface area contributed by atoms with Gasteiger partial charge >= 0.3 is 6.36 Å². The van der Waals surface area contributed by atoms with Crippen molar-refractivity contribution in [3.05, 3.63) is 36.0 Å². The van der Waals surface area contributed by atoms with Crippen LogP contribution in [-0.4, -0.2) is 22.5 Å². The number of carbonyl (C=O) groups is 1. The fraction of sp³-hybridized carbons (Fsp3) is 0.0909. The highest BCUT2D eigenvalue weighted by Crippen LogP contribution is 2.27. The van der Waals surface area contributed by atoms with Gasteiger partial charge in [0.25, 0.3) is 5.91 Å². The number of ether oxygens (including phenoxy) is 1. The first-order chi connectivity index (χ1) is 8.85. The van der Waals surface area contributed by atoms with Crippen LogP contribution in [-0.2, 0) is 0 Å². The summed E-state index contributed by atoms with van der Waals surface area (Å²) in [7, 11) is 0. The van der Waals surface area contributed by atoms with Crippen LogP contribution in [0.3, 0.4) is 0 Å². The number of rotatable bonds is 3. The number of hydrogen-bond acceptors (Lipinski definition) is 3. The van der Waals surface area contributed by atoms with E-state index in [-0.39, 0.29) is 11.4 Å². The highest BCUT2D eigenvalue weighted by Gasteiger charge is 2.31. The minimum atomic E-state index is -4.76. The van der Waals surface area contributed by atoms with Gasteiger partial charge in [-0.05, 0) is 18.2 Å². The first-order valence-corrected chi connectivity index (χ1v) is 5.06. The number of nitrogens with two attached hydrogens (primary N) is 1. The summed E-state index contributed by atoms with van der Waals surface area (Å²) in [4.78, 5) is 10.9. The highest BCUT2D eigenvalue weighted by molar-refractivity contribution is 5.91. The van der Waals surface area contributed by atoms with E-state index in [1.165, 1.54) is 24.3 Å². The number of benzene rings is 1. The standard InChI is InChI=1S/C11H8F3N3O2/c12-11(13,14)19-7-3-1-2-6(4-7)8-5-9(10(15)18)17-16-8/h1-5H,(H2,15,18)(H,16,17). The number of alkyl halides is 3. The molecule has 0 bridgehead atoms. The van der Waals surface area contributed by atoms with Crippen molar-refractivity contribution in [2.75, 3.05) is 0 Å². The second-order valence-electron chi connectivity index (χ2n) is 3.61. The molecule has 0 radical (unpaired) electrons. The third-order valence-corrected chi connectivity index (χ3v) is 2.21. The van der Waals surface area contributed by atoms with Crippen molar-refractivity contribution in [3.8, 4) is 17.0 Å². The second kappa shape index (κ2) is 4.63. The maximum absolute atomic E-state index is 12.1. The summed E-state index contributed by atoms with van der Waals surface area (Å²) >= 11 is 0. The molecule has 8 heteroatoms. The number of nitrogens with zero attached hydrogens (tertiary/aromatic N) is 1. The van der Waals surface area contributed by atoms with Crippen molar-refractivity contribution in [2.24, 2.45) is 5.73 Å². The number of amides is 1. The number of aromatic nitrogens is 2. The van der Waals surface area contributed by atoms with Gasteiger partial charge in [0.15, 0.2) is 0 Å². The second-order valence-corrected chi connectivity index (χ2v) is 3.61. The van der Waals surface area contributed by atoms with E-state index in [4.69, 9.17) is 5.73 Å². The largest absolute Gasteiger partial charge is 0.573 e. The first kappa shape index (κ1) is 12.9. The molecule has 1 aromatic heterocycles. The van der Waals surface area contributed by atoms with E-state index in [1.807, 2.05) is 0 Å². The molecule has 3 N–H and O–H groups in total. The number of aromatic amines is 1. The minimum Gasteiger partial charge on any atom is -0.406 e. The van der Waals surface area contributed by atoms with Gasteiger partial charge in [0.2, 0.25) is 0 Å². The summed E-state index contributed by atoms with van der Waals surface area (Å²) in [6, 6.07) is 6.58. The third-order valence-electron chi connectivity index (χ3n) is 2.21. The van der Waals surface area contributed by atoms with E-state index < -0.39 is 12.3 Å². The number of nitrogens with one attached hydrogen (secondary N) is 1. The number of carbonyl (C=O) groups excluding carboxylic acids is 1. The van der Waals surface area contributed by atoms with Gasteiger partial charge in [0.1, 0.15) is 11.4 Å². The Balaban J connectivity index is 2.29. The van der Waals surface area contributed by atoms with E-state index in [2.05, 4.69) is 14.9 Å². The summed E-state index contributed by atoms with van der Waals surface area (Å²) in [5, 5.41) is 6.17. The zero-order valence-corrected chi connectivity index (χ0v) is 9.36. The van der Waals surface area contributed by atoms with Crippen LogP contribution in [0.1, 0.15) is 10.5 Å². The molecule has 0 aliphatic carbocycles. The lowest BCUT2D eigenvalue weighted by Gasteiger charge is -2.09. The van der Waals surface area contributed by atoms with Crippen LogP contribution in [0.2, 0.25) is 0 Å². The quantitative estimate of drug-likeness (QED) is 0.896. The van der Waals surface area contributed by atoms with Gasteiger partial charge in [-0.1, -0.05) is 12.1 Å². The summed E-state index contributed by atoms with van der Waals surface area (Å²) in [5.74, 6) is -1.07. The molecule has 0 fully saturated rings. The topological polar surface area (TPSA) is 81.0 Å². The van der Waals surface area contributed by atoms with Gasteiger partial charge < -0.3 is 10.5 Å². The molecule has 2 aromatic rings. The van der Waals surface area contributed by atoms with E-state index in [0.29, 0.717) is 11.3 Å². The molecule has 0 spiro atoms. The van der Waals surface area contributed by atoms with Gasteiger partial charge in [0.05, 0.1) is 5.69 Å². The normalized spacial score (nSPS) is 11.3. The number of primary amides is 1. The monoisotopic (exact) mass is 271 g/mol. The van der Waals surface area contributed by atoms with Crippen LogP contribution in [0, 0.1) is 0 Å². The predicted octanol–water partition coefficient (Wildman–Crippen LogP) is 2.07. The molecule has 5 nitrogen and oxygen atoms in total. The Kier molecular flexibility index (Phi) is 3.16. The lowest BCUT2D eigenvalue weighted by atomic mass is 10.1. The van der Waals surface area contributed by atoms with Crippen LogP contribution >= 0.6 is 0 Å². The highest BCUT2D eigenvalue weighted by atomic mass is 19.4. The van der Waals surface area contributed by atoms with Gasteiger partial charge in [-0.2, -0.15) is 5.10 Å². The molecule has 1 heterocycles. The zero-order chi connectivity index (χ0) is 14.0. The van der Waals surface area contributed by atoms with Crippen molar-refractivity contribution in [1.29, 1.82) is 0 Å². The lowest BCUT2D eigenvalue weighted by Crippen LogP contribution is -2.17. The Morgan fingerprint density at radius 3 is 2.63 bits per heavy atom. The maximum Gasteiger partial charge on any atom is 0.573 e. The fourth-order valence-corrected chi connectivity index (χ4v) is 1.45. The van der Waals surface area contributed by atoms with Crippen molar-refractivity contribution in [1.82, 2.24) is 10.2 Å². The van der Waals surface area contributed by atoms with Crippen LogP contribution in [0.5, 0.6) is 5.75 Å². The summed E-state index contributed by atoms with van der Waals surface area (Å²) in [5.41, 5.74) is 5.76. The van der Waals surface area contributed by atoms with Crippen molar-refractivity contribution >= 4 is 5.91 Å². The average Bonchev–Trinajstić information content (AvgIpc) is 2.76. The summed E-state index contributed by atoms with van der Waals surface area (Å²) in [6.07, 6.45) is -4.76. The molecule has 0 saturated carbocycles. The Morgan fingerprint density at radius 2 is 2.05 bits per heavy atom. The molecule has 1 amide bonds. The Bertz CT molecular complexity index is 607. The van der Waals surface area contributed by atoms with E-state index in [0.717, 1.165) is 6.07 Å². The molecule has 0 unspecified atom stereocenters. The molecule has 100 valence electrons. The SMILES string of the molecule is NC(=O)c1cc(-c2cccc(OC(F)(F)F)c2)n[nH]1. The van der Waals surface area contributed by atoms with E-state index in [1.54, 1.807) is 0 Å². The molecular formula is C11H8F3N3O2. The minimum absolute atomic E-state index is 0.0668. The Labute approximate surface area is 105 Å². The molecular weight excluding hydrogens is 263 g/mol. The molecule has 0 aliphatic heterocycles. The number of hydrogen-bond donors (Lipinski definition) is 2. The van der Waals surface area contributed by atoms with Crippen molar-refractivity contribution < 1.29 is 22.7 Å². The molecule has 0 atom stereocenters. The zero-order valence-electron chi connectivity index (χ0n) is 9.36. The molecule has 1 aromatic carbocycles. The smallest absolute Gasteiger partial charge is 0.406 e. The average molecular weight is 271 g/mol. The summed E-state index contributed by atoms with van der Waals surface area (Å²) < 4.78 is 40.0. The number of H-pyrrole nitrogens is 1. The van der Waals surface area contributed by atoms with Gasteiger partial charge in [-0.25, -0.2) is 0 Å². The van der Waals surface area contributed by atoms with Crippen LogP contribution in [0.4, 0.5) is 13.2 Å². The molecule has 19 heavy (non-hydrogen) atoms. The maximum atomic E-state index is 12.1. The summed E-state index contributed by atoms with van der Waals surface area (Å²) in [6.45, 7) is 0. The van der Waals surface area contributed by atoms with Gasteiger partial charge in [-0.15, -0.1) is 13.2 Å². The molecule has 0 saturated heterocycles. The first-order valence-electron chi connectivity index (χ1n) is 5.06. The predicted molar refractivity (Wildman–Crippen MR) is 59.2 cm³/mol. The van der Waals surface area contributed by atoms with Crippen LogP contribution in [0.15, 0.2) is 30.3 Å². The molecule has 2 rings (SSSR count). The molecule has 0 aliphatic rings. The fourth-order valence-electron chi connectivity index (χ4n) is 1.45. The van der Waals surface area contributed by atoms with Gasteiger partial charge in [-0.3, -0.25) is 9.89 Å². The van der Waals surface area contributed by atoms with E-state index in [9.17, 15) is 18.0 Å². The Morgan fingerprint density at radius 1 is 1.32 bits per heavy atom. The van der Waals surface area contributed by atoms with Crippen LogP contribution in [0.25, 0.3) is 11.3 Å². The van der Waals surface area contributed by atoms with E-state index >= 15 is 0 Å². The van der Waals surface area contributed by atoms with Gasteiger partial charge in [0, 0.05) is 5.56 Å². The van der Waals surface area contributed by atoms with Crippen LogP contribution < -0.4 is 10.5 Å².